The van der Waals surface area contributed by atoms with Crippen molar-refractivity contribution in [1.82, 2.24) is 4.98 Å². The number of rotatable bonds is 2. The smallest absolute Gasteiger partial charge is 0.279 e. The quantitative estimate of drug-likeness (QED) is 0.791. The Morgan fingerprint density at radius 1 is 1.20 bits per heavy atom. The summed E-state index contributed by atoms with van der Waals surface area (Å²) < 4.78 is 5.59. The van der Waals surface area contributed by atoms with Crippen molar-refractivity contribution in [3.05, 3.63) is 34.8 Å². The van der Waals surface area contributed by atoms with Crippen LogP contribution in [0, 0.1) is 13.8 Å². The molecule has 0 aliphatic heterocycles. The van der Waals surface area contributed by atoms with Crippen LogP contribution < -0.4 is 10.5 Å². The number of thiazole rings is 1. The molecule has 0 amide bonds. The first-order valence-corrected chi connectivity index (χ1v) is 5.44. The first-order chi connectivity index (χ1) is 7.15. The van der Waals surface area contributed by atoms with E-state index in [1.807, 2.05) is 38.1 Å². The van der Waals surface area contributed by atoms with Crippen molar-refractivity contribution in [2.24, 2.45) is 0 Å². The average molecular weight is 220 g/mol. The van der Waals surface area contributed by atoms with Crippen LogP contribution >= 0.6 is 11.3 Å². The van der Waals surface area contributed by atoms with E-state index in [1.165, 1.54) is 4.88 Å². The number of hydrogen-bond acceptors (Lipinski definition) is 4. The van der Waals surface area contributed by atoms with Gasteiger partial charge in [0, 0.05) is 10.6 Å². The highest BCUT2D eigenvalue weighted by Crippen LogP contribution is 2.28. The molecule has 0 radical (unpaired) electrons. The number of hydrogen-bond donors (Lipinski definition) is 1. The molecule has 2 aromatic rings. The Bertz CT molecular complexity index is 442. The molecule has 0 spiro atoms. The highest BCUT2D eigenvalue weighted by Gasteiger charge is 2.05. The van der Waals surface area contributed by atoms with Gasteiger partial charge in [0.25, 0.3) is 5.19 Å². The zero-order valence-corrected chi connectivity index (χ0v) is 9.47. The van der Waals surface area contributed by atoms with E-state index in [0.717, 1.165) is 17.1 Å². The lowest BCUT2D eigenvalue weighted by Gasteiger charge is -2.00. The molecule has 0 saturated heterocycles. The van der Waals surface area contributed by atoms with Gasteiger partial charge in [-0.2, -0.15) is 0 Å². The number of anilines is 1. The summed E-state index contributed by atoms with van der Waals surface area (Å²) in [6.07, 6.45) is 0. The maximum Gasteiger partial charge on any atom is 0.279 e. The molecule has 1 aromatic carbocycles. The molecule has 0 saturated carbocycles. The van der Waals surface area contributed by atoms with E-state index < -0.39 is 0 Å². The minimum atomic E-state index is 0.676. The summed E-state index contributed by atoms with van der Waals surface area (Å²) in [5.41, 5.74) is 7.33. The summed E-state index contributed by atoms with van der Waals surface area (Å²) in [6.45, 7) is 4.00. The summed E-state index contributed by atoms with van der Waals surface area (Å²) in [5.74, 6) is 0.762. The van der Waals surface area contributed by atoms with Crippen LogP contribution in [0.3, 0.4) is 0 Å². The molecule has 1 heterocycles. The largest absolute Gasteiger partial charge is 0.431 e. The lowest BCUT2D eigenvalue weighted by atomic mass is 10.3. The lowest BCUT2D eigenvalue weighted by Crippen LogP contribution is -1.86. The van der Waals surface area contributed by atoms with Crippen molar-refractivity contribution >= 4 is 17.0 Å². The molecule has 2 N–H and O–H groups in total. The van der Waals surface area contributed by atoms with Crippen LogP contribution in [0.4, 0.5) is 5.69 Å². The fourth-order valence-corrected chi connectivity index (χ4v) is 1.90. The Hall–Kier alpha value is -1.55. The summed E-state index contributed by atoms with van der Waals surface area (Å²) >= 11 is 1.55. The summed E-state index contributed by atoms with van der Waals surface area (Å²) in [6, 6.07) is 7.29. The van der Waals surface area contributed by atoms with Crippen LogP contribution in [0.1, 0.15) is 10.6 Å². The predicted molar refractivity (Wildman–Crippen MR) is 62.5 cm³/mol. The second-order valence-electron chi connectivity index (χ2n) is 3.29. The van der Waals surface area contributed by atoms with Gasteiger partial charge >= 0.3 is 0 Å². The Labute approximate surface area is 92.5 Å². The predicted octanol–water partition coefficient (Wildman–Crippen LogP) is 3.13. The van der Waals surface area contributed by atoms with Crippen LogP contribution in [-0.4, -0.2) is 4.98 Å². The van der Waals surface area contributed by atoms with Gasteiger partial charge in [-0.3, -0.25) is 0 Å². The first-order valence-electron chi connectivity index (χ1n) is 4.62. The monoisotopic (exact) mass is 220 g/mol. The zero-order chi connectivity index (χ0) is 10.8. The lowest BCUT2D eigenvalue weighted by molar-refractivity contribution is 0.478. The van der Waals surface area contributed by atoms with Crippen LogP contribution in [0.15, 0.2) is 24.3 Å². The molecule has 0 aliphatic rings. The number of nitrogens with zero attached hydrogens (tertiary/aromatic N) is 1. The Morgan fingerprint density at radius 3 is 2.40 bits per heavy atom. The van der Waals surface area contributed by atoms with Gasteiger partial charge in [0.2, 0.25) is 0 Å². The van der Waals surface area contributed by atoms with Crippen molar-refractivity contribution in [3.8, 4) is 10.9 Å². The maximum absolute atomic E-state index is 5.59. The molecule has 2 rings (SSSR count). The van der Waals surface area contributed by atoms with Gasteiger partial charge < -0.3 is 10.5 Å². The highest BCUT2D eigenvalue weighted by molar-refractivity contribution is 7.13. The third kappa shape index (κ3) is 2.27. The van der Waals surface area contributed by atoms with Gasteiger partial charge in [-0.05, 0) is 38.1 Å². The van der Waals surface area contributed by atoms with Gasteiger partial charge in [-0.15, -0.1) is 0 Å². The van der Waals surface area contributed by atoms with Gasteiger partial charge in [-0.25, -0.2) is 4.98 Å². The molecule has 0 fully saturated rings. The molecule has 4 heteroatoms. The minimum Gasteiger partial charge on any atom is -0.431 e. The summed E-state index contributed by atoms with van der Waals surface area (Å²) in [7, 11) is 0. The number of nitrogen functional groups attached to an aromatic ring is 1. The van der Waals surface area contributed by atoms with Crippen molar-refractivity contribution in [1.29, 1.82) is 0 Å². The number of ether oxygens (including phenoxy) is 1. The molecular weight excluding hydrogens is 208 g/mol. The van der Waals surface area contributed by atoms with Crippen molar-refractivity contribution in [2.75, 3.05) is 5.73 Å². The number of benzene rings is 1. The molecule has 78 valence electrons. The van der Waals surface area contributed by atoms with Gasteiger partial charge in [0.15, 0.2) is 0 Å². The number of nitrogens with two attached hydrogens (primary N) is 1. The van der Waals surface area contributed by atoms with E-state index in [4.69, 9.17) is 10.5 Å². The van der Waals surface area contributed by atoms with E-state index in [0.29, 0.717) is 5.19 Å². The van der Waals surface area contributed by atoms with Gasteiger partial charge in [0.05, 0.1) is 5.69 Å². The molecule has 1 aromatic heterocycles. The third-order valence-corrected chi connectivity index (χ3v) is 3.05. The summed E-state index contributed by atoms with van der Waals surface area (Å²) in [5, 5.41) is 0.676. The van der Waals surface area contributed by atoms with E-state index in [9.17, 15) is 0 Å². The minimum absolute atomic E-state index is 0.676. The topological polar surface area (TPSA) is 48.1 Å². The normalized spacial score (nSPS) is 10.3. The molecule has 3 nitrogen and oxygen atoms in total. The van der Waals surface area contributed by atoms with Crippen molar-refractivity contribution in [3.63, 3.8) is 0 Å². The summed E-state index contributed by atoms with van der Waals surface area (Å²) in [4.78, 5) is 5.47. The van der Waals surface area contributed by atoms with E-state index >= 15 is 0 Å². The molecule has 0 bridgehead atoms. The van der Waals surface area contributed by atoms with E-state index in [1.54, 1.807) is 11.3 Å². The SMILES string of the molecule is Cc1nc(Oc2ccc(N)cc2)sc1C. The molecule has 15 heavy (non-hydrogen) atoms. The third-order valence-electron chi connectivity index (χ3n) is 2.09. The Balaban J connectivity index is 2.18. The standard InChI is InChI=1S/C11H12N2OS/c1-7-8(2)15-11(13-7)14-10-5-3-9(12)4-6-10/h3-6H,12H2,1-2H3. The Morgan fingerprint density at radius 2 is 1.87 bits per heavy atom. The van der Waals surface area contributed by atoms with Crippen LogP contribution in [0.5, 0.6) is 10.9 Å². The van der Waals surface area contributed by atoms with Crippen molar-refractivity contribution in [2.45, 2.75) is 13.8 Å². The second-order valence-corrected chi connectivity index (χ2v) is 4.46. The van der Waals surface area contributed by atoms with Crippen LogP contribution in [-0.2, 0) is 0 Å². The first kappa shape index (κ1) is 9.98. The van der Waals surface area contributed by atoms with Crippen LogP contribution in [0.25, 0.3) is 0 Å². The molecule has 0 aliphatic carbocycles. The maximum atomic E-state index is 5.59. The second kappa shape index (κ2) is 3.90. The van der Waals surface area contributed by atoms with Gasteiger partial charge in [-0.1, -0.05) is 11.3 Å². The van der Waals surface area contributed by atoms with Gasteiger partial charge in [0.1, 0.15) is 5.75 Å². The molecule has 0 unspecified atom stereocenters. The van der Waals surface area contributed by atoms with E-state index in [-0.39, 0.29) is 0 Å². The number of aromatic nitrogens is 1. The number of aryl methyl sites for hydroxylation is 2. The molecule has 0 atom stereocenters. The fourth-order valence-electron chi connectivity index (χ4n) is 1.12. The molecular formula is C11H12N2OS. The van der Waals surface area contributed by atoms with Crippen LogP contribution in [0.2, 0.25) is 0 Å². The van der Waals surface area contributed by atoms with E-state index in [2.05, 4.69) is 4.98 Å². The zero-order valence-electron chi connectivity index (χ0n) is 8.65. The van der Waals surface area contributed by atoms with Crippen molar-refractivity contribution < 1.29 is 4.74 Å². The Kier molecular flexibility index (Phi) is 2.60. The highest BCUT2D eigenvalue weighted by atomic mass is 32.1. The fraction of sp³-hybridized carbons (Fsp3) is 0.182. The average Bonchev–Trinajstić information content (AvgIpc) is 2.50.